The van der Waals surface area contributed by atoms with Crippen molar-refractivity contribution in [2.24, 2.45) is 0 Å². The van der Waals surface area contributed by atoms with Gasteiger partial charge in [-0.05, 0) is 47.9 Å². The number of anilines is 2. The lowest BCUT2D eigenvalue weighted by atomic mass is 10.1. The maximum atomic E-state index is 12.6. The average molecular weight is 356 g/mol. The molecule has 1 fully saturated rings. The van der Waals surface area contributed by atoms with Gasteiger partial charge >= 0.3 is 0 Å². The van der Waals surface area contributed by atoms with E-state index in [1.165, 1.54) is 0 Å². The molecule has 0 atom stereocenters. The fraction of sp³-hybridized carbons (Fsp3) is 0.130. The second-order valence-electron chi connectivity index (χ2n) is 6.60. The number of hydrogen-bond donors (Lipinski definition) is 1. The molecule has 0 spiro atoms. The van der Waals surface area contributed by atoms with Crippen LogP contribution in [0.1, 0.15) is 23.2 Å². The van der Waals surface area contributed by atoms with Crippen LogP contribution in [-0.4, -0.2) is 18.4 Å². The lowest BCUT2D eigenvalue weighted by Crippen LogP contribution is -2.24. The third-order valence-corrected chi connectivity index (χ3v) is 4.74. The van der Waals surface area contributed by atoms with E-state index >= 15 is 0 Å². The van der Waals surface area contributed by atoms with Gasteiger partial charge in [0, 0.05) is 29.9 Å². The van der Waals surface area contributed by atoms with Gasteiger partial charge in [0.25, 0.3) is 5.91 Å². The third kappa shape index (κ3) is 3.75. The molecule has 27 heavy (non-hydrogen) atoms. The van der Waals surface area contributed by atoms with E-state index in [2.05, 4.69) is 17.4 Å². The van der Waals surface area contributed by atoms with Gasteiger partial charge in [-0.2, -0.15) is 0 Å². The molecule has 0 unspecified atom stereocenters. The van der Waals surface area contributed by atoms with Crippen molar-refractivity contribution in [3.05, 3.63) is 84.4 Å². The predicted molar refractivity (Wildman–Crippen MR) is 108 cm³/mol. The maximum Gasteiger partial charge on any atom is 0.255 e. The summed E-state index contributed by atoms with van der Waals surface area (Å²) in [4.78, 5) is 26.3. The molecular weight excluding hydrogens is 336 g/mol. The fourth-order valence-electron chi connectivity index (χ4n) is 3.32. The van der Waals surface area contributed by atoms with E-state index in [1.54, 1.807) is 17.0 Å². The molecule has 4 heteroatoms. The van der Waals surface area contributed by atoms with Gasteiger partial charge in [-0.25, -0.2) is 0 Å². The first kappa shape index (κ1) is 17.0. The molecule has 0 radical (unpaired) electrons. The minimum Gasteiger partial charge on any atom is -0.322 e. The first-order chi connectivity index (χ1) is 13.2. The van der Waals surface area contributed by atoms with Gasteiger partial charge in [-0.1, -0.05) is 48.5 Å². The van der Waals surface area contributed by atoms with E-state index in [-0.39, 0.29) is 11.8 Å². The Labute approximate surface area is 158 Å². The van der Waals surface area contributed by atoms with Crippen LogP contribution in [0.5, 0.6) is 0 Å². The molecule has 0 aromatic heterocycles. The molecule has 2 amide bonds. The van der Waals surface area contributed by atoms with Gasteiger partial charge in [0.1, 0.15) is 0 Å². The molecule has 134 valence electrons. The Bertz CT molecular complexity index is 965. The molecule has 1 heterocycles. The van der Waals surface area contributed by atoms with E-state index in [9.17, 15) is 9.59 Å². The first-order valence-electron chi connectivity index (χ1n) is 9.08. The zero-order chi connectivity index (χ0) is 18.6. The van der Waals surface area contributed by atoms with Crippen molar-refractivity contribution in [3.8, 4) is 11.1 Å². The number of rotatable bonds is 4. The summed E-state index contributed by atoms with van der Waals surface area (Å²) in [5.41, 5.74) is 4.30. The van der Waals surface area contributed by atoms with Gasteiger partial charge < -0.3 is 10.2 Å². The van der Waals surface area contributed by atoms with Crippen LogP contribution in [0.15, 0.2) is 78.9 Å². The molecule has 0 saturated carbocycles. The van der Waals surface area contributed by atoms with E-state index in [4.69, 9.17) is 0 Å². The van der Waals surface area contributed by atoms with Gasteiger partial charge in [0.2, 0.25) is 5.91 Å². The van der Waals surface area contributed by atoms with Crippen molar-refractivity contribution in [3.63, 3.8) is 0 Å². The van der Waals surface area contributed by atoms with Gasteiger partial charge in [0.15, 0.2) is 0 Å². The summed E-state index contributed by atoms with van der Waals surface area (Å²) in [7, 11) is 0. The SMILES string of the molecule is O=C(Nc1ccc(-c2ccccc2)cc1)c1cccc(N2CCCC2=O)c1. The number of carbonyl (C=O) groups excluding carboxylic acids is 2. The molecule has 4 nitrogen and oxygen atoms in total. The molecule has 0 aliphatic carbocycles. The standard InChI is InChI=1S/C23H20N2O2/c26-22-10-5-15-25(22)21-9-4-8-19(16-21)23(27)24-20-13-11-18(12-14-20)17-6-2-1-3-7-17/h1-4,6-9,11-14,16H,5,10,15H2,(H,24,27). The predicted octanol–water partition coefficient (Wildman–Crippen LogP) is 4.73. The van der Waals surface area contributed by atoms with E-state index in [0.717, 1.165) is 28.9 Å². The summed E-state index contributed by atoms with van der Waals surface area (Å²) in [6, 6.07) is 25.1. The molecule has 4 rings (SSSR count). The first-order valence-corrected chi connectivity index (χ1v) is 9.08. The van der Waals surface area contributed by atoms with Crippen molar-refractivity contribution in [2.75, 3.05) is 16.8 Å². The summed E-state index contributed by atoms with van der Waals surface area (Å²) in [6.45, 7) is 0.713. The largest absolute Gasteiger partial charge is 0.322 e. The number of amides is 2. The van der Waals surface area contributed by atoms with Gasteiger partial charge in [-0.3, -0.25) is 9.59 Å². The van der Waals surface area contributed by atoms with Gasteiger partial charge in [0.05, 0.1) is 0 Å². The molecular formula is C23H20N2O2. The number of carbonyl (C=O) groups is 2. The Morgan fingerprint density at radius 3 is 2.30 bits per heavy atom. The monoisotopic (exact) mass is 356 g/mol. The van der Waals surface area contributed by atoms with Crippen LogP contribution < -0.4 is 10.2 Å². The van der Waals surface area contributed by atoms with Crippen LogP contribution in [0.2, 0.25) is 0 Å². The molecule has 1 aliphatic rings. The van der Waals surface area contributed by atoms with Crippen molar-refractivity contribution in [1.29, 1.82) is 0 Å². The van der Waals surface area contributed by atoms with Crippen molar-refractivity contribution in [1.82, 2.24) is 0 Å². The van der Waals surface area contributed by atoms with E-state index in [0.29, 0.717) is 18.5 Å². The Morgan fingerprint density at radius 1 is 0.852 bits per heavy atom. The molecule has 0 bridgehead atoms. The lowest BCUT2D eigenvalue weighted by Gasteiger charge is -2.16. The third-order valence-electron chi connectivity index (χ3n) is 4.74. The summed E-state index contributed by atoms with van der Waals surface area (Å²) in [5.74, 6) is -0.0694. The highest BCUT2D eigenvalue weighted by Gasteiger charge is 2.22. The molecule has 1 aliphatic heterocycles. The van der Waals surface area contributed by atoms with E-state index in [1.807, 2.05) is 54.6 Å². The van der Waals surface area contributed by atoms with Crippen molar-refractivity contribution in [2.45, 2.75) is 12.8 Å². The van der Waals surface area contributed by atoms with Gasteiger partial charge in [-0.15, -0.1) is 0 Å². The Morgan fingerprint density at radius 2 is 1.59 bits per heavy atom. The summed E-state index contributed by atoms with van der Waals surface area (Å²) < 4.78 is 0. The van der Waals surface area contributed by atoms with Crippen LogP contribution >= 0.6 is 0 Å². The Balaban J connectivity index is 1.48. The summed E-state index contributed by atoms with van der Waals surface area (Å²) in [6.07, 6.45) is 1.44. The molecule has 1 N–H and O–H groups in total. The zero-order valence-electron chi connectivity index (χ0n) is 14.9. The van der Waals surface area contributed by atoms with Crippen LogP contribution in [0.4, 0.5) is 11.4 Å². The molecule has 1 saturated heterocycles. The maximum absolute atomic E-state index is 12.6. The number of benzene rings is 3. The number of nitrogens with zero attached hydrogens (tertiary/aromatic N) is 1. The normalized spacial score (nSPS) is 13.6. The van der Waals surface area contributed by atoms with Crippen LogP contribution in [0.3, 0.4) is 0 Å². The fourth-order valence-corrected chi connectivity index (χ4v) is 3.32. The average Bonchev–Trinajstić information content (AvgIpc) is 3.15. The molecule has 3 aromatic rings. The second kappa shape index (κ2) is 7.46. The van der Waals surface area contributed by atoms with Crippen LogP contribution in [-0.2, 0) is 4.79 Å². The highest BCUT2D eigenvalue weighted by Crippen LogP contribution is 2.24. The summed E-state index contributed by atoms with van der Waals surface area (Å²) in [5, 5.41) is 2.92. The smallest absolute Gasteiger partial charge is 0.255 e. The quantitative estimate of drug-likeness (QED) is 0.734. The second-order valence-corrected chi connectivity index (χ2v) is 6.60. The lowest BCUT2D eigenvalue weighted by molar-refractivity contribution is -0.117. The summed E-state index contributed by atoms with van der Waals surface area (Å²) >= 11 is 0. The number of hydrogen-bond acceptors (Lipinski definition) is 2. The number of nitrogens with one attached hydrogen (secondary N) is 1. The Kier molecular flexibility index (Phi) is 4.71. The van der Waals surface area contributed by atoms with Crippen molar-refractivity contribution < 1.29 is 9.59 Å². The minimum absolute atomic E-state index is 0.115. The molecule has 3 aromatic carbocycles. The van der Waals surface area contributed by atoms with Crippen LogP contribution in [0.25, 0.3) is 11.1 Å². The minimum atomic E-state index is -0.184. The van der Waals surface area contributed by atoms with E-state index < -0.39 is 0 Å². The zero-order valence-corrected chi connectivity index (χ0v) is 14.9. The topological polar surface area (TPSA) is 49.4 Å². The van der Waals surface area contributed by atoms with Crippen LogP contribution in [0, 0.1) is 0 Å². The van der Waals surface area contributed by atoms with Crippen molar-refractivity contribution >= 4 is 23.2 Å². The Hall–Kier alpha value is -3.40. The highest BCUT2D eigenvalue weighted by molar-refractivity contribution is 6.05. The highest BCUT2D eigenvalue weighted by atomic mass is 16.2.